The minimum absolute atomic E-state index is 0.120. The second-order valence-electron chi connectivity index (χ2n) is 5.48. The van der Waals surface area contributed by atoms with Crippen molar-refractivity contribution in [1.29, 1.82) is 0 Å². The van der Waals surface area contributed by atoms with Gasteiger partial charge in [-0.05, 0) is 37.1 Å². The van der Waals surface area contributed by atoms with E-state index in [-0.39, 0.29) is 18.9 Å². The molecule has 0 saturated carbocycles. The van der Waals surface area contributed by atoms with Gasteiger partial charge in [-0.3, -0.25) is 9.59 Å². The molecular formula is C16H21NO6. The fourth-order valence-corrected chi connectivity index (χ4v) is 2.55. The first kappa shape index (κ1) is 17.1. The highest BCUT2D eigenvalue weighted by Crippen LogP contribution is 2.24. The van der Waals surface area contributed by atoms with Gasteiger partial charge in [-0.25, -0.2) is 0 Å². The molecule has 1 aliphatic rings. The zero-order valence-electron chi connectivity index (χ0n) is 13.0. The number of nitrogens with one attached hydrogen (secondary N) is 1. The molecule has 0 bridgehead atoms. The molecule has 126 valence electrons. The monoisotopic (exact) mass is 323 g/mol. The Kier molecular flexibility index (Phi) is 5.81. The Morgan fingerprint density at radius 2 is 1.83 bits per heavy atom. The topological polar surface area (TPSA) is 94.1 Å². The molecule has 23 heavy (non-hydrogen) atoms. The minimum atomic E-state index is -0.941. The summed E-state index contributed by atoms with van der Waals surface area (Å²) in [6.45, 7) is 0.703. The van der Waals surface area contributed by atoms with Crippen LogP contribution in [-0.2, 0) is 14.3 Å². The van der Waals surface area contributed by atoms with Crippen molar-refractivity contribution in [2.45, 2.75) is 24.8 Å². The van der Waals surface area contributed by atoms with Gasteiger partial charge in [0, 0.05) is 13.2 Å². The lowest BCUT2D eigenvalue weighted by molar-refractivity contribution is -0.140. The zero-order valence-corrected chi connectivity index (χ0v) is 13.0. The van der Waals surface area contributed by atoms with Crippen molar-refractivity contribution >= 4 is 11.9 Å². The first-order valence-corrected chi connectivity index (χ1v) is 7.40. The molecule has 0 radical (unpaired) electrons. The van der Waals surface area contributed by atoms with Crippen LogP contribution in [0.4, 0.5) is 0 Å². The number of amides is 1. The standard InChI is InChI=1S/C16H21NO6/c1-21-12-2-4-13(5-3-12)23-11-14(18)17-16(10-15(19)20)6-8-22-9-7-16/h2-5H,6-11H2,1H3,(H,17,18)(H,19,20). The van der Waals surface area contributed by atoms with Gasteiger partial charge < -0.3 is 24.6 Å². The largest absolute Gasteiger partial charge is 0.497 e. The van der Waals surface area contributed by atoms with Crippen LogP contribution in [0, 0.1) is 0 Å². The van der Waals surface area contributed by atoms with Crippen LogP contribution in [0.15, 0.2) is 24.3 Å². The summed E-state index contributed by atoms with van der Waals surface area (Å²) in [6.07, 6.45) is 0.839. The fraction of sp³-hybridized carbons (Fsp3) is 0.500. The van der Waals surface area contributed by atoms with Gasteiger partial charge in [0.2, 0.25) is 0 Å². The number of benzene rings is 1. The number of carboxylic acids is 1. The van der Waals surface area contributed by atoms with Crippen LogP contribution in [0.5, 0.6) is 11.5 Å². The normalized spacial score (nSPS) is 16.4. The van der Waals surface area contributed by atoms with Gasteiger partial charge in [0.25, 0.3) is 5.91 Å². The summed E-state index contributed by atoms with van der Waals surface area (Å²) < 4.78 is 15.7. The molecule has 0 aliphatic carbocycles. The van der Waals surface area contributed by atoms with Gasteiger partial charge in [0.1, 0.15) is 11.5 Å². The van der Waals surface area contributed by atoms with E-state index >= 15 is 0 Å². The van der Waals surface area contributed by atoms with Crippen LogP contribution in [0.25, 0.3) is 0 Å². The number of aliphatic carboxylic acids is 1. The number of carbonyl (C=O) groups excluding carboxylic acids is 1. The van der Waals surface area contributed by atoms with Crippen molar-refractivity contribution < 1.29 is 28.9 Å². The number of rotatable bonds is 7. The summed E-state index contributed by atoms with van der Waals surface area (Å²) >= 11 is 0. The number of hydrogen-bond acceptors (Lipinski definition) is 5. The Labute approximate surface area is 134 Å². The van der Waals surface area contributed by atoms with Gasteiger partial charge in [0.05, 0.1) is 19.1 Å². The zero-order chi connectivity index (χ0) is 16.7. The molecule has 0 unspecified atom stereocenters. The van der Waals surface area contributed by atoms with Crippen molar-refractivity contribution in [3.63, 3.8) is 0 Å². The Morgan fingerprint density at radius 1 is 1.22 bits per heavy atom. The highest BCUT2D eigenvalue weighted by Gasteiger charge is 2.36. The van der Waals surface area contributed by atoms with E-state index < -0.39 is 11.5 Å². The lowest BCUT2D eigenvalue weighted by atomic mass is 9.86. The summed E-state index contributed by atoms with van der Waals surface area (Å²) in [4.78, 5) is 23.2. The van der Waals surface area contributed by atoms with Gasteiger partial charge in [-0.1, -0.05) is 0 Å². The van der Waals surface area contributed by atoms with Crippen molar-refractivity contribution in [2.24, 2.45) is 0 Å². The predicted molar refractivity (Wildman–Crippen MR) is 81.7 cm³/mol. The summed E-state index contributed by atoms with van der Waals surface area (Å²) in [6, 6.07) is 6.87. The number of hydrogen-bond donors (Lipinski definition) is 2. The predicted octanol–water partition coefficient (Wildman–Crippen LogP) is 1.21. The molecular weight excluding hydrogens is 302 g/mol. The van der Waals surface area contributed by atoms with E-state index in [0.717, 1.165) is 0 Å². The maximum Gasteiger partial charge on any atom is 0.305 e. The second-order valence-corrected chi connectivity index (χ2v) is 5.48. The molecule has 7 nitrogen and oxygen atoms in total. The number of carbonyl (C=O) groups is 2. The van der Waals surface area contributed by atoms with E-state index in [2.05, 4.69) is 5.32 Å². The van der Waals surface area contributed by atoms with Crippen LogP contribution >= 0.6 is 0 Å². The van der Waals surface area contributed by atoms with Crippen LogP contribution < -0.4 is 14.8 Å². The second kappa shape index (κ2) is 7.82. The maximum absolute atomic E-state index is 12.1. The van der Waals surface area contributed by atoms with E-state index in [0.29, 0.717) is 37.6 Å². The quantitative estimate of drug-likeness (QED) is 0.783. The Balaban J connectivity index is 1.89. The van der Waals surface area contributed by atoms with Crippen molar-refractivity contribution in [3.05, 3.63) is 24.3 Å². The van der Waals surface area contributed by atoms with Crippen molar-refractivity contribution in [3.8, 4) is 11.5 Å². The molecule has 1 fully saturated rings. The van der Waals surface area contributed by atoms with Crippen LogP contribution in [0.2, 0.25) is 0 Å². The number of carboxylic acid groups (broad SMARTS) is 1. The average molecular weight is 323 g/mol. The van der Waals surface area contributed by atoms with Crippen molar-refractivity contribution in [1.82, 2.24) is 5.32 Å². The summed E-state index contributed by atoms with van der Waals surface area (Å²) in [5, 5.41) is 11.9. The molecule has 1 aromatic rings. The van der Waals surface area contributed by atoms with E-state index in [1.807, 2.05) is 0 Å². The molecule has 1 amide bonds. The summed E-state index contributed by atoms with van der Waals surface area (Å²) in [5.74, 6) is -0.0446. The van der Waals surface area contributed by atoms with Crippen LogP contribution in [0.3, 0.4) is 0 Å². The first-order valence-electron chi connectivity index (χ1n) is 7.40. The molecule has 0 aromatic heterocycles. The molecule has 1 aliphatic heterocycles. The molecule has 2 rings (SSSR count). The SMILES string of the molecule is COc1ccc(OCC(=O)NC2(CC(=O)O)CCOCC2)cc1. The third-order valence-corrected chi connectivity index (χ3v) is 3.77. The van der Waals surface area contributed by atoms with E-state index in [1.54, 1.807) is 31.4 Å². The first-order chi connectivity index (χ1) is 11.0. The van der Waals surface area contributed by atoms with Gasteiger partial charge in [0.15, 0.2) is 6.61 Å². The van der Waals surface area contributed by atoms with Crippen molar-refractivity contribution in [2.75, 3.05) is 26.9 Å². The number of ether oxygens (including phenoxy) is 3. The van der Waals surface area contributed by atoms with Crippen LogP contribution in [-0.4, -0.2) is 49.5 Å². The third-order valence-electron chi connectivity index (χ3n) is 3.77. The van der Waals surface area contributed by atoms with E-state index in [9.17, 15) is 9.59 Å². The molecule has 7 heteroatoms. The number of methoxy groups -OCH3 is 1. The molecule has 1 saturated heterocycles. The third kappa shape index (κ3) is 5.14. The smallest absolute Gasteiger partial charge is 0.305 e. The Hall–Kier alpha value is -2.28. The maximum atomic E-state index is 12.1. The van der Waals surface area contributed by atoms with Crippen LogP contribution in [0.1, 0.15) is 19.3 Å². The summed E-state index contributed by atoms with van der Waals surface area (Å²) in [5.41, 5.74) is -0.759. The Bertz CT molecular complexity index is 536. The average Bonchev–Trinajstić information content (AvgIpc) is 2.53. The molecule has 1 aromatic carbocycles. The highest BCUT2D eigenvalue weighted by atomic mass is 16.5. The fourth-order valence-electron chi connectivity index (χ4n) is 2.55. The van der Waals surface area contributed by atoms with E-state index in [1.165, 1.54) is 0 Å². The molecule has 2 N–H and O–H groups in total. The van der Waals surface area contributed by atoms with Gasteiger partial charge in [-0.15, -0.1) is 0 Å². The molecule has 0 spiro atoms. The van der Waals surface area contributed by atoms with E-state index in [4.69, 9.17) is 19.3 Å². The van der Waals surface area contributed by atoms with Gasteiger partial charge >= 0.3 is 5.97 Å². The minimum Gasteiger partial charge on any atom is -0.497 e. The van der Waals surface area contributed by atoms with Gasteiger partial charge in [-0.2, -0.15) is 0 Å². The lowest BCUT2D eigenvalue weighted by Gasteiger charge is -2.36. The molecule has 0 atom stereocenters. The lowest BCUT2D eigenvalue weighted by Crippen LogP contribution is -2.54. The summed E-state index contributed by atoms with van der Waals surface area (Å²) in [7, 11) is 1.57. The Morgan fingerprint density at radius 3 is 2.39 bits per heavy atom. The highest BCUT2D eigenvalue weighted by molar-refractivity contribution is 5.79. The molecule has 1 heterocycles.